The highest BCUT2D eigenvalue weighted by molar-refractivity contribution is 6.30. The van der Waals surface area contributed by atoms with E-state index < -0.39 is 0 Å². The van der Waals surface area contributed by atoms with E-state index in [0.29, 0.717) is 80.6 Å². The van der Waals surface area contributed by atoms with Crippen LogP contribution in [-0.4, -0.2) is 84.4 Å². The second-order valence-electron chi connectivity index (χ2n) is 9.09. The SMILES string of the molecule is CCOC(=O)N1CCN(C(=O)c2ccccc2NC(=O)C2CCN(C(=O)c3ccc(Cl)cc3)CC2)CC1. The molecule has 196 valence electrons. The topological polar surface area (TPSA) is 99.3 Å². The average Bonchev–Trinajstić information content (AvgIpc) is 2.93. The summed E-state index contributed by atoms with van der Waals surface area (Å²) in [5, 5.41) is 3.51. The lowest BCUT2D eigenvalue weighted by atomic mass is 9.95. The van der Waals surface area contributed by atoms with Crippen LogP contribution >= 0.6 is 11.6 Å². The number of piperidine rings is 1. The lowest BCUT2D eigenvalue weighted by Gasteiger charge is -2.34. The number of piperazine rings is 1. The van der Waals surface area contributed by atoms with E-state index >= 15 is 0 Å². The van der Waals surface area contributed by atoms with Gasteiger partial charge >= 0.3 is 6.09 Å². The number of nitrogens with one attached hydrogen (secondary N) is 1. The molecule has 9 nitrogen and oxygen atoms in total. The van der Waals surface area contributed by atoms with Crippen molar-refractivity contribution in [3.05, 3.63) is 64.7 Å². The van der Waals surface area contributed by atoms with Crippen molar-refractivity contribution in [1.82, 2.24) is 14.7 Å². The lowest BCUT2D eigenvalue weighted by molar-refractivity contribution is -0.121. The van der Waals surface area contributed by atoms with E-state index in [2.05, 4.69) is 5.32 Å². The Labute approximate surface area is 221 Å². The fourth-order valence-corrected chi connectivity index (χ4v) is 4.74. The van der Waals surface area contributed by atoms with Crippen molar-refractivity contribution in [3.8, 4) is 0 Å². The first-order valence-corrected chi connectivity index (χ1v) is 12.9. The Bertz CT molecular complexity index is 1140. The molecule has 2 fully saturated rings. The number of amides is 4. The van der Waals surface area contributed by atoms with Crippen LogP contribution in [0.3, 0.4) is 0 Å². The van der Waals surface area contributed by atoms with E-state index in [4.69, 9.17) is 16.3 Å². The second kappa shape index (κ2) is 12.1. The number of hydrogen-bond acceptors (Lipinski definition) is 5. The van der Waals surface area contributed by atoms with Crippen molar-refractivity contribution in [2.24, 2.45) is 5.92 Å². The van der Waals surface area contributed by atoms with Gasteiger partial charge in [-0.2, -0.15) is 0 Å². The van der Waals surface area contributed by atoms with Crippen LogP contribution in [-0.2, 0) is 9.53 Å². The van der Waals surface area contributed by atoms with Crippen LogP contribution in [0.2, 0.25) is 5.02 Å². The molecule has 0 bridgehead atoms. The molecular weight excluding hydrogens is 496 g/mol. The molecule has 4 amide bonds. The van der Waals surface area contributed by atoms with Crippen LogP contribution in [0.15, 0.2) is 48.5 Å². The molecule has 2 aromatic rings. The van der Waals surface area contributed by atoms with E-state index in [-0.39, 0.29) is 29.7 Å². The first kappa shape index (κ1) is 26.5. The van der Waals surface area contributed by atoms with Crippen LogP contribution in [0.25, 0.3) is 0 Å². The van der Waals surface area contributed by atoms with Crippen molar-refractivity contribution in [2.75, 3.05) is 51.2 Å². The minimum Gasteiger partial charge on any atom is -0.450 e. The number of para-hydroxylation sites is 1. The molecule has 0 radical (unpaired) electrons. The predicted octanol–water partition coefficient (Wildman–Crippen LogP) is 3.75. The normalized spacial score (nSPS) is 16.3. The van der Waals surface area contributed by atoms with Gasteiger partial charge < -0.3 is 24.8 Å². The minimum atomic E-state index is -0.372. The van der Waals surface area contributed by atoms with E-state index in [1.807, 2.05) is 0 Å². The van der Waals surface area contributed by atoms with Gasteiger partial charge in [0.15, 0.2) is 0 Å². The molecule has 0 spiro atoms. The summed E-state index contributed by atoms with van der Waals surface area (Å²) < 4.78 is 5.04. The summed E-state index contributed by atoms with van der Waals surface area (Å²) in [6.07, 6.45) is 0.706. The molecule has 2 aromatic carbocycles. The molecule has 2 aliphatic heterocycles. The highest BCUT2D eigenvalue weighted by Crippen LogP contribution is 2.24. The molecule has 0 saturated carbocycles. The maximum Gasteiger partial charge on any atom is 0.409 e. The van der Waals surface area contributed by atoms with Crippen LogP contribution in [0.4, 0.5) is 10.5 Å². The average molecular weight is 527 g/mol. The zero-order chi connectivity index (χ0) is 26.4. The summed E-state index contributed by atoms with van der Waals surface area (Å²) in [7, 11) is 0. The summed E-state index contributed by atoms with van der Waals surface area (Å²) >= 11 is 5.91. The summed E-state index contributed by atoms with van der Waals surface area (Å²) in [5.74, 6) is -0.686. The molecule has 2 heterocycles. The molecule has 0 atom stereocenters. The number of anilines is 1. The second-order valence-corrected chi connectivity index (χ2v) is 9.52. The van der Waals surface area contributed by atoms with Gasteiger partial charge in [-0.3, -0.25) is 14.4 Å². The van der Waals surface area contributed by atoms with Crippen LogP contribution in [0.1, 0.15) is 40.5 Å². The van der Waals surface area contributed by atoms with Gasteiger partial charge in [-0.1, -0.05) is 23.7 Å². The Morgan fingerprint density at radius 3 is 2.08 bits per heavy atom. The molecule has 0 aromatic heterocycles. The molecule has 37 heavy (non-hydrogen) atoms. The maximum absolute atomic E-state index is 13.2. The van der Waals surface area contributed by atoms with E-state index in [9.17, 15) is 19.2 Å². The number of carbonyl (C=O) groups is 4. The third-order valence-corrected chi connectivity index (χ3v) is 7.00. The first-order valence-electron chi connectivity index (χ1n) is 12.5. The standard InChI is InChI=1S/C27H31ClN4O5/c1-2-37-27(36)32-17-15-31(16-18-32)26(35)22-5-3-4-6-23(22)29-24(33)19-11-13-30(14-12-19)25(34)20-7-9-21(28)10-8-20/h3-10,19H,2,11-18H2,1H3,(H,29,33). The van der Waals surface area contributed by atoms with E-state index in [0.717, 1.165) is 0 Å². The number of benzene rings is 2. The molecule has 0 unspecified atom stereocenters. The van der Waals surface area contributed by atoms with E-state index in [1.165, 1.54) is 0 Å². The monoisotopic (exact) mass is 526 g/mol. The van der Waals surface area contributed by atoms with Gasteiger partial charge in [0.1, 0.15) is 0 Å². The first-order chi connectivity index (χ1) is 17.9. The zero-order valence-corrected chi connectivity index (χ0v) is 21.6. The van der Waals surface area contributed by atoms with Crippen LogP contribution in [0, 0.1) is 5.92 Å². The quantitative estimate of drug-likeness (QED) is 0.640. The van der Waals surface area contributed by atoms with Gasteiger partial charge in [0, 0.05) is 55.8 Å². The molecule has 10 heteroatoms. The molecule has 4 rings (SSSR count). The Balaban J connectivity index is 1.32. The number of carbonyl (C=O) groups excluding carboxylic acids is 4. The summed E-state index contributed by atoms with van der Waals surface area (Å²) in [6.45, 7) is 4.59. The summed E-state index contributed by atoms with van der Waals surface area (Å²) in [4.78, 5) is 56.0. The number of hydrogen-bond donors (Lipinski definition) is 1. The highest BCUT2D eigenvalue weighted by atomic mass is 35.5. The molecule has 1 N–H and O–H groups in total. The third-order valence-electron chi connectivity index (χ3n) is 6.75. The van der Waals surface area contributed by atoms with Gasteiger partial charge in [-0.15, -0.1) is 0 Å². The fraction of sp³-hybridized carbons (Fsp3) is 0.407. The van der Waals surface area contributed by atoms with Gasteiger partial charge in [0.25, 0.3) is 11.8 Å². The molecule has 2 aliphatic rings. The number of rotatable bonds is 5. The smallest absolute Gasteiger partial charge is 0.409 e. The van der Waals surface area contributed by atoms with Crippen molar-refractivity contribution in [1.29, 1.82) is 0 Å². The third kappa shape index (κ3) is 6.40. The minimum absolute atomic E-state index is 0.0745. The number of nitrogens with zero attached hydrogens (tertiary/aromatic N) is 3. The predicted molar refractivity (Wildman–Crippen MR) is 140 cm³/mol. The zero-order valence-electron chi connectivity index (χ0n) is 20.8. The van der Waals surface area contributed by atoms with E-state index in [1.54, 1.807) is 70.2 Å². The van der Waals surface area contributed by atoms with Crippen molar-refractivity contribution in [3.63, 3.8) is 0 Å². The van der Waals surface area contributed by atoms with Gasteiger partial charge in [0.2, 0.25) is 5.91 Å². The summed E-state index contributed by atoms with van der Waals surface area (Å²) in [6, 6.07) is 13.7. The number of halogens is 1. The largest absolute Gasteiger partial charge is 0.450 e. The molecular formula is C27H31ClN4O5. The van der Waals surface area contributed by atoms with Gasteiger partial charge in [-0.05, 0) is 56.2 Å². The number of likely N-dealkylation sites (tertiary alicyclic amines) is 1. The highest BCUT2D eigenvalue weighted by Gasteiger charge is 2.30. The van der Waals surface area contributed by atoms with Crippen LogP contribution < -0.4 is 5.32 Å². The molecule has 2 saturated heterocycles. The van der Waals surface area contributed by atoms with Crippen molar-refractivity contribution in [2.45, 2.75) is 19.8 Å². The Kier molecular flexibility index (Phi) is 8.66. The van der Waals surface area contributed by atoms with Gasteiger partial charge in [0.05, 0.1) is 17.9 Å². The lowest BCUT2D eigenvalue weighted by Crippen LogP contribution is -2.50. The Morgan fingerprint density at radius 2 is 1.43 bits per heavy atom. The Morgan fingerprint density at radius 1 is 0.838 bits per heavy atom. The van der Waals surface area contributed by atoms with Crippen LogP contribution in [0.5, 0.6) is 0 Å². The maximum atomic E-state index is 13.2. The van der Waals surface area contributed by atoms with Crippen molar-refractivity contribution >= 4 is 41.1 Å². The number of ether oxygens (including phenoxy) is 1. The fourth-order valence-electron chi connectivity index (χ4n) is 4.61. The molecule has 0 aliphatic carbocycles. The Hall–Kier alpha value is -3.59. The summed E-state index contributed by atoms with van der Waals surface area (Å²) in [5.41, 5.74) is 1.45. The van der Waals surface area contributed by atoms with Crippen molar-refractivity contribution < 1.29 is 23.9 Å². The van der Waals surface area contributed by atoms with Gasteiger partial charge in [-0.25, -0.2) is 4.79 Å².